The SMILES string of the molecule is O=C(NNS(=O)(=O)/C=C\c1ccc(Cl)cc1)c1ccccc1F. The van der Waals surface area contributed by atoms with Crippen molar-refractivity contribution in [1.82, 2.24) is 10.3 Å². The van der Waals surface area contributed by atoms with Crippen molar-refractivity contribution < 1.29 is 17.6 Å². The Morgan fingerprint density at radius 3 is 2.39 bits per heavy atom. The summed E-state index contributed by atoms with van der Waals surface area (Å²) in [5.74, 6) is -1.65. The summed E-state index contributed by atoms with van der Waals surface area (Å²) in [5, 5.41) is 1.40. The molecular formula is C15H12ClFN2O3S. The van der Waals surface area contributed by atoms with Crippen molar-refractivity contribution in [3.63, 3.8) is 0 Å². The highest BCUT2D eigenvalue weighted by Gasteiger charge is 2.13. The molecular weight excluding hydrogens is 343 g/mol. The number of halogens is 2. The van der Waals surface area contributed by atoms with E-state index in [-0.39, 0.29) is 5.56 Å². The van der Waals surface area contributed by atoms with E-state index in [1.165, 1.54) is 24.3 Å². The van der Waals surface area contributed by atoms with Crippen molar-refractivity contribution in [2.75, 3.05) is 0 Å². The van der Waals surface area contributed by atoms with Gasteiger partial charge >= 0.3 is 0 Å². The van der Waals surface area contributed by atoms with E-state index in [0.717, 1.165) is 11.5 Å². The van der Waals surface area contributed by atoms with Crippen LogP contribution in [0.4, 0.5) is 4.39 Å². The highest BCUT2D eigenvalue weighted by molar-refractivity contribution is 7.92. The number of hydrazine groups is 1. The number of amides is 1. The van der Waals surface area contributed by atoms with E-state index in [1.54, 1.807) is 24.3 Å². The van der Waals surface area contributed by atoms with Crippen molar-refractivity contribution in [3.8, 4) is 0 Å². The lowest BCUT2D eigenvalue weighted by atomic mass is 10.2. The molecule has 0 fully saturated rings. The first-order valence-corrected chi connectivity index (χ1v) is 8.30. The van der Waals surface area contributed by atoms with Gasteiger partial charge in [0.25, 0.3) is 15.9 Å². The summed E-state index contributed by atoms with van der Waals surface area (Å²) in [6.45, 7) is 0. The number of hydrogen-bond acceptors (Lipinski definition) is 3. The van der Waals surface area contributed by atoms with E-state index in [4.69, 9.17) is 11.6 Å². The summed E-state index contributed by atoms with van der Waals surface area (Å²) in [6.07, 6.45) is 1.33. The van der Waals surface area contributed by atoms with Gasteiger partial charge in [-0.15, -0.1) is 4.83 Å². The highest BCUT2D eigenvalue weighted by Crippen LogP contribution is 2.11. The number of carbonyl (C=O) groups is 1. The molecule has 0 aliphatic rings. The van der Waals surface area contributed by atoms with Crippen LogP contribution < -0.4 is 10.3 Å². The fourth-order valence-electron chi connectivity index (χ4n) is 1.61. The normalized spacial score (nSPS) is 11.6. The maximum Gasteiger partial charge on any atom is 0.269 e. The number of carbonyl (C=O) groups excluding carboxylic acids is 1. The molecule has 2 aromatic carbocycles. The first kappa shape index (κ1) is 17.1. The van der Waals surface area contributed by atoms with E-state index in [9.17, 15) is 17.6 Å². The lowest BCUT2D eigenvalue weighted by molar-refractivity contribution is 0.0941. The van der Waals surface area contributed by atoms with Gasteiger partial charge < -0.3 is 0 Å². The molecule has 0 bridgehead atoms. The molecule has 0 atom stereocenters. The van der Waals surface area contributed by atoms with Crippen molar-refractivity contribution >= 4 is 33.6 Å². The standard InChI is InChI=1S/C15H12ClFN2O3S/c16-12-7-5-11(6-8-12)9-10-23(21,22)19-18-15(20)13-3-1-2-4-14(13)17/h1-10,19H,(H,18,20)/b10-9-. The molecule has 0 aromatic heterocycles. The lowest BCUT2D eigenvalue weighted by Gasteiger charge is -2.06. The Morgan fingerprint density at radius 2 is 1.74 bits per heavy atom. The molecule has 0 saturated carbocycles. The summed E-state index contributed by atoms with van der Waals surface area (Å²) in [5.41, 5.74) is 2.28. The van der Waals surface area contributed by atoms with Crippen molar-refractivity contribution in [3.05, 3.63) is 75.9 Å². The molecule has 0 heterocycles. The van der Waals surface area contributed by atoms with E-state index in [2.05, 4.69) is 0 Å². The summed E-state index contributed by atoms with van der Waals surface area (Å²) in [7, 11) is -3.92. The van der Waals surface area contributed by atoms with Crippen molar-refractivity contribution in [2.24, 2.45) is 0 Å². The molecule has 2 rings (SSSR count). The Morgan fingerprint density at radius 1 is 1.09 bits per heavy atom. The van der Waals surface area contributed by atoms with Crippen molar-refractivity contribution in [2.45, 2.75) is 0 Å². The minimum atomic E-state index is -3.92. The fourth-order valence-corrected chi connectivity index (χ4v) is 2.37. The van der Waals surface area contributed by atoms with Crippen LogP contribution in [0.25, 0.3) is 6.08 Å². The Kier molecular flexibility index (Phi) is 5.49. The van der Waals surface area contributed by atoms with Crippen LogP contribution in [0, 0.1) is 5.82 Å². The van der Waals surface area contributed by atoms with Gasteiger partial charge in [0, 0.05) is 10.4 Å². The average Bonchev–Trinajstić information content (AvgIpc) is 2.53. The van der Waals surface area contributed by atoms with Crippen LogP contribution in [0.15, 0.2) is 53.9 Å². The summed E-state index contributed by atoms with van der Waals surface area (Å²) < 4.78 is 36.9. The van der Waals surface area contributed by atoms with E-state index >= 15 is 0 Å². The van der Waals surface area contributed by atoms with Crippen molar-refractivity contribution in [1.29, 1.82) is 0 Å². The van der Waals surface area contributed by atoms with Crippen LogP contribution in [-0.2, 0) is 10.0 Å². The second kappa shape index (κ2) is 7.36. The molecule has 0 unspecified atom stereocenters. The van der Waals surface area contributed by atoms with Crippen LogP contribution in [-0.4, -0.2) is 14.3 Å². The largest absolute Gasteiger partial charge is 0.273 e. The molecule has 1 amide bonds. The summed E-state index contributed by atoms with van der Waals surface area (Å²) in [6, 6.07) is 11.7. The molecule has 23 heavy (non-hydrogen) atoms. The molecule has 2 aromatic rings. The zero-order chi connectivity index (χ0) is 16.9. The average molecular weight is 355 g/mol. The van der Waals surface area contributed by atoms with Gasteiger partial charge in [-0.3, -0.25) is 10.2 Å². The molecule has 0 saturated heterocycles. The molecule has 0 aliphatic heterocycles. The number of nitrogens with one attached hydrogen (secondary N) is 2. The fraction of sp³-hybridized carbons (Fsp3) is 0. The van der Waals surface area contributed by atoms with Gasteiger partial charge in [0.2, 0.25) is 0 Å². The number of rotatable bonds is 5. The Bertz CT molecular complexity index is 836. The topological polar surface area (TPSA) is 75.3 Å². The monoisotopic (exact) mass is 354 g/mol. The first-order chi connectivity index (χ1) is 10.9. The van der Waals surface area contributed by atoms with E-state index < -0.39 is 21.7 Å². The maximum atomic E-state index is 13.4. The lowest BCUT2D eigenvalue weighted by Crippen LogP contribution is -2.40. The molecule has 0 radical (unpaired) electrons. The van der Waals surface area contributed by atoms with Crippen LogP contribution in [0.5, 0.6) is 0 Å². The van der Waals surface area contributed by atoms with Gasteiger partial charge in [-0.05, 0) is 35.9 Å². The second-order valence-corrected chi connectivity index (χ2v) is 6.44. The van der Waals surface area contributed by atoms with Gasteiger partial charge in [-0.1, -0.05) is 35.9 Å². The zero-order valence-electron chi connectivity index (χ0n) is 11.7. The zero-order valence-corrected chi connectivity index (χ0v) is 13.2. The van der Waals surface area contributed by atoms with Gasteiger partial charge in [0.05, 0.1) is 5.56 Å². The quantitative estimate of drug-likeness (QED) is 0.811. The summed E-state index contributed by atoms with van der Waals surface area (Å²) in [4.78, 5) is 13.6. The molecule has 2 N–H and O–H groups in total. The third-order valence-corrected chi connectivity index (χ3v) is 3.87. The number of sulfonamides is 1. The van der Waals surface area contributed by atoms with Crippen LogP contribution in [0.1, 0.15) is 15.9 Å². The molecule has 8 heteroatoms. The third kappa shape index (κ3) is 5.17. The maximum absolute atomic E-state index is 13.4. The van der Waals surface area contributed by atoms with Gasteiger partial charge in [-0.25, -0.2) is 12.8 Å². The number of benzene rings is 2. The van der Waals surface area contributed by atoms with Crippen LogP contribution in [0.2, 0.25) is 5.02 Å². The van der Waals surface area contributed by atoms with E-state index in [1.807, 2.05) is 10.3 Å². The minimum Gasteiger partial charge on any atom is -0.273 e. The number of hydrogen-bond donors (Lipinski definition) is 2. The highest BCUT2D eigenvalue weighted by atomic mass is 35.5. The Labute approximate surface area is 137 Å². The first-order valence-electron chi connectivity index (χ1n) is 6.38. The predicted molar refractivity (Wildman–Crippen MR) is 86.4 cm³/mol. The smallest absolute Gasteiger partial charge is 0.269 e. The van der Waals surface area contributed by atoms with Crippen LogP contribution >= 0.6 is 11.6 Å². The molecule has 0 aliphatic carbocycles. The van der Waals surface area contributed by atoms with Gasteiger partial charge in [0.1, 0.15) is 5.82 Å². The van der Waals surface area contributed by atoms with E-state index in [0.29, 0.717) is 10.6 Å². The minimum absolute atomic E-state index is 0.267. The predicted octanol–water partition coefficient (Wildman–Crippen LogP) is 2.71. The summed E-state index contributed by atoms with van der Waals surface area (Å²) >= 11 is 5.72. The molecule has 0 spiro atoms. The molecule has 120 valence electrons. The Hall–Kier alpha value is -2.22. The Balaban J connectivity index is 2.00. The molecule has 5 nitrogen and oxygen atoms in total. The third-order valence-electron chi connectivity index (χ3n) is 2.73. The second-order valence-electron chi connectivity index (χ2n) is 4.44. The van der Waals surface area contributed by atoms with Crippen LogP contribution in [0.3, 0.4) is 0 Å². The van der Waals surface area contributed by atoms with Gasteiger partial charge in [-0.2, -0.15) is 0 Å². The van der Waals surface area contributed by atoms with Gasteiger partial charge in [0.15, 0.2) is 0 Å².